The van der Waals surface area contributed by atoms with Gasteiger partial charge in [0, 0.05) is 37.0 Å². The number of amidine groups is 1. The van der Waals surface area contributed by atoms with Crippen molar-refractivity contribution in [3.05, 3.63) is 95.1 Å². The number of halogens is 2. The van der Waals surface area contributed by atoms with Crippen LogP contribution in [0.15, 0.2) is 76.6 Å². The monoisotopic (exact) mass is 455 g/mol. The zero-order chi connectivity index (χ0) is 23.0. The van der Waals surface area contributed by atoms with Crippen LogP contribution >= 0.6 is 0 Å². The maximum absolute atomic E-state index is 13.8. The highest BCUT2D eigenvalue weighted by Gasteiger charge is 2.28. The molecule has 0 radical (unpaired) electrons. The van der Waals surface area contributed by atoms with E-state index in [2.05, 4.69) is 4.99 Å². The average molecular weight is 455 g/mol. The zero-order valence-electron chi connectivity index (χ0n) is 17.3. The van der Waals surface area contributed by atoms with Crippen LogP contribution in [0.2, 0.25) is 0 Å². The lowest BCUT2D eigenvalue weighted by molar-refractivity contribution is 0.100. The Morgan fingerprint density at radius 3 is 2.31 bits per heavy atom. The molecule has 164 valence electrons. The van der Waals surface area contributed by atoms with Crippen LogP contribution in [0, 0.1) is 11.6 Å². The second-order valence-corrected chi connectivity index (χ2v) is 9.55. The molecule has 1 amide bonds. The largest absolute Gasteiger partial charge is 0.321 e. The Balaban J connectivity index is 1.72. The summed E-state index contributed by atoms with van der Waals surface area (Å²) in [4.78, 5) is 18.8. The summed E-state index contributed by atoms with van der Waals surface area (Å²) in [6.45, 7) is 0.341. The molecule has 4 rings (SSSR count). The molecule has 3 aromatic rings. The summed E-state index contributed by atoms with van der Waals surface area (Å²) in [6.07, 6.45) is 0. The third-order valence-electron chi connectivity index (χ3n) is 5.14. The first-order valence-electron chi connectivity index (χ1n) is 9.65. The van der Waals surface area contributed by atoms with Crippen molar-refractivity contribution in [2.45, 2.75) is 11.4 Å². The molecule has 3 aromatic carbocycles. The second kappa shape index (κ2) is 8.25. The molecule has 0 atom stereocenters. The van der Waals surface area contributed by atoms with Crippen molar-refractivity contribution in [2.75, 3.05) is 19.0 Å². The number of nitrogens with zero attached hydrogens (tertiary/aromatic N) is 3. The van der Waals surface area contributed by atoms with Gasteiger partial charge in [0.1, 0.15) is 5.84 Å². The first-order chi connectivity index (χ1) is 15.2. The summed E-state index contributed by atoms with van der Waals surface area (Å²) < 4.78 is 52.8. The maximum atomic E-state index is 13.8. The van der Waals surface area contributed by atoms with Crippen LogP contribution in [-0.2, 0) is 16.6 Å². The maximum Gasteiger partial charge on any atom is 0.278 e. The highest BCUT2D eigenvalue weighted by molar-refractivity contribution is 7.89. The topological polar surface area (TPSA) is 70.0 Å². The van der Waals surface area contributed by atoms with Crippen LogP contribution in [0.3, 0.4) is 0 Å². The van der Waals surface area contributed by atoms with E-state index >= 15 is 0 Å². The van der Waals surface area contributed by atoms with Crippen molar-refractivity contribution in [1.82, 2.24) is 4.31 Å². The molecule has 32 heavy (non-hydrogen) atoms. The van der Waals surface area contributed by atoms with Crippen LogP contribution in [0.25, 0.3) is 0 Å². The normalized spacial score (nSPS) is 14.8. The van der Waals surface area contributed by atoms with Gasteiger partial charge in [0.15, 0.2) is 11.6 Å². The number of carbonyl (C=O) groups is 1. The smallest absolute Gasteiger partial charge is 0.278 e. The second-order valence-electron chi connectivity index (χ2n) is 7.39. The lowest BCUT2D eigenvalue weighted by Crippen LogP contribution is -2.25. The fraction of sp³-hybridized carbons (Fsp3) is 0.130. The van der Waals surface area contributed by atoms with E-state index in [4.69, 9.17) is 0 Å². The molecule has 0 aromatic heterocycles. The number of amides is 1. The number of sulfonamides is 1. The molecule has 0 bridgehead atoms. The van der Waals surface area contributed by atoms with Gasteiger partial charge in [0.05, 0.1) is 11.4 Å². The zero-order valence-corrected chi connectivity index (χ0v) is 18.1. The third kappa shape index (κ3) is 3.92. The van der Waals surface area contributed by atoms with Crippen LogP contribution < -0.4 is 4.90 Å². The minimum absolute atomic E-state index is 0.0568. The van der Waals surface area contributed by atoms with E-state index < -0.39 is 27.6 Å². The first-order valence-corrected chi connectivity index (χ1v) is 11.1. The minimum atomic E-state index is -3.62. The molecule has 0 spiro atoms. The van der Waals surface area contributed by atoms with Crippen molar-refractivity contribution in [2.24, 2.45) is 4.99 Å². The van der Waals surface area contributed by atoms with Crippen molar-refractivity contribution in [3.8, 4) is 0 Å². The van der Waals surface area contributed by atoms with Gasteiger partial charge in [-0.3, -0.25) is 4.79 Å². The SMILES string of the molecule is CN(C)S(=O)(=O)c1ccc(C(=O)N=C2c3ccccc3CN2c2ccc(F)c(F)c2)cc1. The standard InChI is InChI=1S/C23H19F2N3O3S/c1-27(2)32(30,31)18-10-7-15(8-11-18)23(29)26-22-19-6-4-3-5-16(19)14-28(22)17-9-12-20(24)21(25)13-17/h3-13H,14H2,1-2H3. The molecule has 0 saturated heterocycles. The highest BCUT2D eigenvalue weighted by Crippen LogP contribution is 2.30. The molecule has 0 fully saturated rings. The number of benzene rings is 3. The number of hydrogen-bond donors (Lipinski definition) is 0. The molecule has 0 N–H and O–H groups in total. The van der Waals surface area contributed by atoms with Gasteiger partial charge in [-0.25, -0.2) is 21.5 Å². The summed E-state index contributed by atoms with van der Waals surface area (Å²) >= 11 is 0. The number of carbonyl (C=O) groups excluding carboxylic acids is 1. The predicted molar refractivity (Wildman–Crippen MR) is 117 cm³/mol. The molecule has 0 aliphatic carbocycles. The average Bonchev–Trinajstić information content (AvgIpc) is 3.14. The van der Waals surface area contributed by atoms with Gasteiger partial charge in [-0.15, -0.1) is 0 Å². The lowest BCUT2D eigenvalue weighted by Gasteiger charge is -2.19. The summed E-state index contributed by atoms with van der Waals surface area (Å²) in [5.74, 6) is -2.24. The number of hydrogen-bond acceptors (Lipinski definition) is 3. The van der Waals surface area contributed by atoms with Gasteiger partial charge in [-0.05, 0) is 42.0 Å². The number of anilines is 1. The molecule has 1 aliphatic heterocycles. The number of aliphatic imine (C=N–C) groups is 1. The third-order valence-corrected chi connectivity index (χ3v) is 6.97. The Hall–Kier alpha value is -3.43. The van der Waals surface area contributed by atoms with E-state index in [1.807, 2.05) is 12.1 Å². The Morgan fingerprint density at radius 2 is 1.66 bits per heavy atom. The van der Waals surface area contributed by atoms with E-state index in [0.717, 1.165) is 22.0 Å². The Labute approximate surface area is 184 Å². The Kier molecular flexibility index (Phi) is 5.62. The van der Waals surface area contributed by atoms with Crippen LogP contribution in [0.1, 0.15) is 21.5 Å². The van der Waals surface area contributed by atoms with Gasteiger partial charge in [-0.2, -0.15) is 4.99 Å². The first kappa shape index (κ1) is 21.8. The lowest BCUT2D eigenvalue weighted by atomic mass is 10.1. The van der Waals surface area contributed by atoms with Crippen molar-refractivity contribution < 1.29 is 22.0 Å². The van der Waals surface area contributed by atoms with Gasteiger partial charge in [0.2, 0.25) is 10.0 Å². The van der Waals surface area contributed by atoms with Crippen molar-refractivity contribution in [3.63, 3.8) is 0 Å². The predicted octanol–water partition coefficient (Wildman–Crippen LogP) is 3.82. The number of rotatable bonds is 4. The van der Waals surface area contributed by atoms with E-state index in [0.29, 0.717) is 23.6 Å². The molecule has 9 heteroatoms. The van der Waals surface area contributed by atoms with E-state index in [1.165, 1.54) is 44.4 Å². The Morgan fingerprint density at radius 1 is 0.969 bits per heavy atom. The molecule has 6 nitrogen and oxygen atoms in total. The summed E-state index contributed by atoms with van der Waals surface area (Å²) in [7, 11) is -0.779. The summed E-state index contributed by atoms with van der Waals surface area (Å²) in [6, 6.07) is 16.3. The van der Waals surface area contributed by atoms with E-state index in [-0.39, 0.29) is 10.5 Å². The molecule has 0 saturated carbocycles. The van der Waals surface area contributed by atoms with Crippen LogP contribution in [-0.4, -0.2) is 38.6 Å². The summed E-state index contributed by atoms with van der Waals surface area (Å²) in [5.41, 5.74) is 2.15. The van der Waals surface area contributed by atoms with E-state index in [1.54, 1.807) is 17.0 Å². The van der Waals surface area contributed by atoms with Crippen LogP contribution in [0.5, 0.6) is 0 Å². The van der Waals surface area contributed by atoms with Gasteiger partial charge in [0.25, 0.3) is 5.91 Å². The van der Waals surface area contributed by atoms with Gasteiger partial charge in [-0.1, -0.05) is 24.3 Å². The quantitative estimate of drug-likeness (QED) is 0.600. The molecular weight excluding hydrogens is 436 g/mol. The van der Waals surface area contributed by atoms with Crippen LogP contribution in [0.4, 0.5) is 14.5 Å². The van der Waals surface area contributed by atoms with E-state index in [9.17, 15) is 22.0 Å². The molecule has 1 aliphatic rings. The highest BCUT2D eigenvalue weighted by atomic mass is 32.2. The minimum Gasteiger partial charge on any atom is -0.321 e. The molecule has 1 heterocycles. The van der Waals surface area contributed by atoms with Crippen molar-refractivity contribution >= 4 is 27.5 Å². The number of fused-ring (bicyclic) bond motifs is 1. The van der Waals surface area contributed by atoms with Crippen molar-refractivity contribution in [1.29, 1.82) is 0 Å². The fourth-order valence-electron chi connectivity index (χ4n) is 3.40. The molecule has 0 unspecified atom stereocenters. The van der Waals surface area contributed by atoms with Gasteiger partial charge < -0.3 is 4.90 Å². The Bertz CT molecular complexity index is 1340. The fourth-order valence-corrected chi connectivity index (χ4v) is 4.30. The summed E-state index contributed by atoms with van der Waals surface area (Å²) in [5, 5.41) is 0. The molecular formula is C23H19F2N3O3S. The van der Waals surface area contributed by atoms with Gasteiger partial charge >= 0.3 is 0 Å².